The Kier molecular flexibility index (Phi) is 3.92. The SMILES string of the molecule is CCC(C)CC(C)(O)c1ccccc1C. The van der Waals surface area contributed by atoms with E-state index in [0.717, 1.165) is 18.4 Å². The predicted molar refractivity (Wildman–Crippen MR) is 64.8 cm³/mol. The molecule has 0 amide bonds. The standard InChI is InChI=1S/C14H22O/c1-5-11(2)10-14(4,15)13-9-7-6-8-12(13)3/h6-9,11,15H,5,10H2,1-4H3. The van der Waals surface area contributed by atoms with Gasteiger partial charge >= 0.3 is 0 Å². The highest BCUT2D eigenvalue weighted by atomic mass is 16.3. The van der Waals surface area contributed by atoms with Crippen molar-refractivity contribution in [3.05, 3.63) is 35.4 Å². The first-order chi connectivity index (χ1) is 6.97. The maximum absolute atomic E-state index is 10.5. The number of aliphatic hydroxyl groups is 1. The van der Waals surface area contributed by atoms with Gasteiger partial charge in [0.05, 0.1) is 5.60 Å². The van der Waals surface area contributed by atoms with Crippen molar-refractivity contribution in [2.75, 3.05) is 0 Å². The number of benzene rings is 1. The largest absolute Gasteiger partial charge is 0.385 e. The molecule has 2 unspecified atom stereocenters. The lowest BCUT2D eigenvalue weighted by molar-refractivity contribution is 0.0313. The van der Waals surface area contributed by atoms with E-state index in [1.54, 1.807) is 0 Å². The molecule has 0 bridgehead atoms. The maximum atomic E-state index is 10.5. The van der Waals surface area contributed by atoms with Gasteiger partial charge in [-0.3, -0.25) is 0 Å². The number of aryl methyl sites for hydroxylation is 1. The molecule has 0 aliphatic heterocycles. The van der Waals surface area contributed by atoms with Crippen LogP contribution in [0.5, 0.6) is 0 Å². The van der Waals surface area contributed by atoms with Gasteiger partial charge in [-0.1, -0.05) is 44.5 Å². The van der Waals surface area contributed by atoms with E-state index < -0.39 is 5.60 Å². The number of rotatable bonds is 4. The van der Waals surface area contributed by atoms with Gasteiger partial charge in [-0.25, -0.2) is 0 Å². The lowest BCUT2D eigenvalue weighted by atomic mass is 9.84. The molecule has 0 aromatic heterocycles. The molecule has 1 aromatic carbocycles. The van der Waals surface area contributed by atoms with Crippen molar-refractivity contribution in [1.82, 2.24) is 0 Å². The van der Waals surface area contributed by atoms with Crippen LogP contribution in [0.1, 0.15) is 44.7 Å². The van der Waals surface area contributed by atoms with Gasteiger partial charge in [-0.15, -0.1) is 0 Å². The molecule has 0 saturated carbocycles. The Morgan fingerprint density at radius 3 is 2.47 bits per heavy atom. The van der Waals surface area contributed by atoms with Crippen molar-refractivity contribution in [2.24, 2.45) is 5.92 Å². The van der Waals surface area contributed by atoms with Crippen LogP contribution >= 0.6 is 0 Å². The fraction of sp³-hybridized carbons (Fsp3) is 0.571. The lowest BCUT2D eigenvalue weighted by Crippen LogP contribution is -2.25. The van der Waals surface area contributed by atoms with E-state index in [2.05, 4.69) is 26.8 Å². The van der Waals surface area contributed by atoms with Crippen molar-refractivity contribution < 1.29 is 5.11 Å². The molecule has 0 saturated heterocycles. The van der Waals surface area contributed by atoms with Crippen molar-refractivity contribution in [3.8, 4) is 0 Å². The van der Waals surface area contributed by atoms with E-state index in [1.165, 1.54) is 5.56 Å². The molecule has 84 valence electrons. The minimum atomic E-state index is -0.694. The molecule has 0 fully saturated rings. The molecule has 1 rings (SSSR count). The zero-order chi connectivity index (χ0) is 11.5. The maximum Gasteiger partial charge on any atom is 0.0873 e. The van der Waals surface area contributed by atoms with Crippen LogP contribution in [0, 0.1) is 12.8 Å². The highest BCUT2D eigenvalue weighted by Gasteiger charge is 2.26. The zero-order valence-corrected chi connectivity index (χ0v) is 10.2. The molecule has 2 atom stereocenters. The first-order valence-electron chi connectivity index (χ1n) is 5.76. The van der Waals surface area contributed by atoms with Crippen molar-refractivity contribution in [1.29, 1.82) is 0 Å². The average molecular weight is 206 g/mol. The summed E-state index contributed by atoms with van der Waals surface area (Å²) in [5.74, 6) is 0.555. The Morgan fingerprint density at radius 1 is 1.33 bits per heavy atom. The molecular formula is C14H22O. The van der Waals surface area contributed by atoms with Gasteiger partial charge in [0.25, 0.3) is 0 Å². The van der Waals surface area contributed by atoms with E-state index in [9.17, 15) is 5.11 Å². The third-order valence-electron chi connectivity index (χ3n) is 3.17. The van der Waals surface area contributed by atoms with Gasteiger partial charge in [-0.05, 0) is 37.3 Å². The summed E-state index contributed by atoms with van der Waals surface area (Å²) in [6.45, 7) is 8.33. The van der Waals surface area contributed by atoms with Gasteiger partial charge in [-0.2, -0.15) is 0 Å². The van der Waals surface area contributed by atoms with E-state index >= 15 is 0 Å². The summed E-state index contributed by atoms with van der Waals surface area (Å²) in [4.78, 5) is 0. The first kappa shape index (κ1) is 12.3. The molecule has 0 aliphatic carbocycles. The smallest absolute Gasteiger partial charge is 0.0873 e. The van der Waals surface area contributed by atoms with Gasteiger partial charge in [0.15, 0.2) is 0 Å². The van der Waals surface area contributed by atoms with Gasteiger partial charge in [0, 0.05) is 0 Å². The summed E-state index contributed by atoms with van der Waals surface area (Å²) in [6, 6.07) is 8.09. The predicted octanol–water partition coefficient (Wildman–Crippen LogP) is 3.64. The quantitative estimate of drug-likeness (QED) is 0.797. The van der Waals surface area contributed by atoms with Gasteiger partial charge in [0.2, 0.25) is 0 Å². The van der Waals surface area contributed by atoms with Gasteiger partial charge < -0.3 is 5.11 Å². The Hall–Kier alpha value is -0.820. The molecule has 1 nitrogen and oxygen atoms in total. The Bertz CT molecular complexity index is 315. The third-order valence-corrected chi connectivity index (χ3v) is 3.17. The van der Waals surface area contributed by atoms with E-state index in [0.29, 0.717) is 5.92 Å². The molecule has 1 heteroatoms. The summed E-state index contributed by atoms with van der Waals surface area (Å²) in [5.41, 5.74) is 1.54. The molecule has 0 radical (unpaired) electrons. The van der Waals surface area contributed by atoms with E-state index in [-0.39, 0.29) is 0 Å². The minimum Gasteiger partial charge on any atom is -0.385 e. The number of hydrogen-bond acceptors (Lipinski definition) is 1. The highest BCUT2D eigenvalue weighted by molar-refractivity contribution is 5.30. The monoisotopic (exact) mass is 206 g/mol. The van der Waals surface area contributed by atoms with Crippen molar-refractivity contribution in [3.63, 3.8) is 0 Å². The Morgan fingerprint density at radius 2 is 1.93 bits per heavy atom. The Labute approximate surface area is 93.1 Å². The molecule has 15 heavy (non-hydrogen) atoms. The molecule has 0 heterocycles. The van der Waals surface area contributed by atoms with Crippen LogP contribution in [0.3, 0.4) is 0 Å². The second-order valence-electron chi connectivity index (χ2n) is 4.81. The van der Waals surface area contributed by atoms with E-state index in [1.807, 2.05) is 25.1 Å². The minimum absolute atomic E-state index is 0.555. The zero-order valence-electron chi connectivity index (χ0n) is 10.2. The van der Waals surface area contributed by atoms with E-state index in [4.69, 9.17) is 0 Å². The lowest BCUT2D eigenvalue weighted by Gasteiger charge is -2.28. The third kappa shape index (κ3) is 3.07. The second kappa shape index (κ2) is 4.80. The number of hydrogen-bond donors (Lipinski definition) is 1. The molecule has 0 spiro atoms. The summed E-state index contributed by atoms with van der Waals surface area (Å²) in [5, 5.41) is 10.5. The fourth-order valence-electron chi connectivity index (χ4n) is 2.11. The first-order valence-corrected chi connectivity index (χ1v) is 5.76. The van der Waals surface area contributed by atoms with Crippen LogP contribution in [-0.2, 0) is 5.60 Å². The van der Waals surface area contributed by atoms with Crippen LogP contribution in [0.15, 0.2) is 24.3 Å². The van der Waals surface area contributed by atoms with Crippen molar-refractivity contribution in [2.45, 2.75) is 46.1 Å². The molecule has 1 aromatic rings. The molecular weight excluding hydrogens is 184 g/mol. The van der Waals surface area contributed by atoms with Crippen LogP contribution in [0.4, 0.5) is 0 Å². The highest BCUT2D eigenvalue weighted by Crippen LogP contribution is 2.31. The molecule has 1 N–H and O–H groups in total. The van der Waals surface area contributed by atoms with Crippen LogP contribution in [0.25, 0.3) is 0 Å². The Balaban J connectivity index is 2.90. The molecule has 0 aliphatic rings. The summed E-state index contributed by atoms with van der Waals surface area (Å²) in [7, 11) is 0. The van der Waals surface area contributed by atoms with Gasteiger partial charge in [0.1, 0.15) is 0 Å². The van der Waals surface area contributed by atoms with Crippen LogP contribution < -0.4 is 0 Å². The van der Waals surface area contributed by atoms with Crippen LogP contribution in [0.2, 0.25) is 0 Å². The topological polar surface area (TPSA) is 20.2 Å². The summed E-state index contributed by atoms with van der Waals surface area (Å²) in [6.07, 6.45) is 1.94. The van der Waals surface area contributed by atoms with Crippen molar-refractivity contribution >= 4 is 0 Å². The summed E-state index contributed by atoms with van der Waals surface area (Å²) >= 11 is 0. The normalized spacial score (nSPS) is 17.1. The van der Waals surface area contributed by atoms with Crippen LogP contribution in [-0.4, -0.2) is 5.11 Å². The average Bonchev–Trinajstić information content (AvgIpc) is 2.17. The summed E-state index contributed by atoms with van der Waals surface area (Å²) < 4.78 is 0. The fourth-order valence-corrected chi connectivity index (χ4v) is 2.11. The second-order valence-corrected chi connectivity index (χ2v) is 4.81.